The van der Waals surface area contributed by atoms with E-state index in [0.29, 0.717) is 25.3 Å². The van der Waals surface area contributed by atoms with E-state index >= 15 is 0 Å². The van der Waals surface area contributed by atoms with Crippen LogP contribution in [0.25, 0.3) is 0 Å². The monoisotopic (exact) mass is 246 g/mol. The molecule has 5 heteroatoms. The number of sulfonamides is 1. The first-order chi connectivity index (χ1) is 7.62. The van der Waals surface area contributed by atoms with Gasteiger partial charge in [0.1, 0.15) is 0 Å². The number of rotatable bonds is 5. The fourth-order valence-electron chi connectivity index (χ4n) is 2.24. The third kappa shape index (κ3) is 3.18. The molecule has 1 saturated carbocycles. The second-order valence-electron chi connectivity index (χ2n) is 4.96. The average molecular weight is 246 g/mol. The maximum absolute atomic E-state index is 11.8. The van der Waals surface area contributed by atoms with Gasteiger partial charge in [-0.2, -0.15) is 4.31 Å². The molecule has 0 aromatic rings. The molecule has 1 heterocycles. The highest BCUT2D eigenvalue weighted by molar-refractivity contribution is 7.89. The normalized spacial score (nSPS) is 24.8. The summed E-state index contributed by atoms with van der Waals surface area (Å²) < 4.78 is 25.3. The van der Waals surface area contributed by atoms with Crippen LogP contribution in [-0.2, 0) is 10.0 Å². The molecule has 0 N–H and O–H groups in total. The molecule has 4 nitrogen and oxygen atoms in total. The van der Waals surface area contributed by atoms with Crippen LogP contribution in [0, 0.1) is 5.92 Å². The van der Waals surface area contributed by atoms with Crippen molar-refractivity contribution in [2.24, 2.45) is 5.92 Å². The van der Waals surface area contributed by atoms with Crippen molar-refractivity contribution < 1.29 is 8.42 Å². The Bertz CT molecular complexity index is 317. The fourth-order valence-corrected chi connectivity index (χ4v) is 3.74. The topological polar surface area (TPSA) is 40.6 Å². The summed E-state index contributed by atoms with van der Waals surface area (Å²) in [5, 5.41) is 0. The van der Waals surface area contributed by atoms with Crippen molar-refractivity contribution in [1.82, 2.24) is 9.21 Å². The lowest BCUT2D eigenvalue weighted by Crippen LogP contribution is -2.49. The Morgan fingerprint density at radius 2 is 1.75 bits per heavy atom. The zero-order chi connectivity index (χ0) is 11.6. The molecule has 16 heavy (non-hydrogen) atoms. The molecule has 2 rings (SSSR count). The molecule has 0 spiro atoms. The Hall–Kier alpha value is -0.130. The van der Waals surface area contributed by atoms with Gasteiger partial charge in [0.2, 0.25) is 10.0 Å². The Morgan fingerprint density at radius 3 is 2.25 bits per heavy atom. The average Bonchev–Trinajstić information content (AvgIpc) is 3.02. The number of hydrogen-bond donors (Lipinski definition) is 0. The SMILES string of the molecule is CCCS(=O)(=O)N1CCN(CC2CC2)CC1. The van der Waals surface area contributed by atoms with Gasteiger partial charge in [0.15, 0.2) is 0 Å². The van der Waals surface area contributed by atoms with Crippen LogP contribution in [-0.4, -0.2) is 56.1 Å². The van der Waals surface area contributed by atoms with Crippen molar-refractivity contribution in [2.75, 3.05) is 38.5 Å². The molecule has 0 atom stereocenters. The van der Waals surface area contributed by atoms with Crippen molar-refractivity contribution >= 4 is 10.0 Å². The first-order valence-corrected chi connectivity index (χ1v) is 7.93. The first-order valence-electron chi connectivity index (χ1n) is 6.32. The molecule has 2 fully saturated rings. The second-order valence-corrected chi connectivity index (χ2v) is 7.05. The molecule has 0 unspecified atom stereocenters. The molecule has 0 aromatic carbocycles. The number of hydrogen-bond acceptors (Lipinski definition) is 3. The summed E-state index contributed by atoms with van der Waals surface area (Å²) in [5.74, 6) is 1.20. The molecule has 94 valence electrons. The van der Waals surface area contributed by atoms with Crippen molar-refractivity contribution in [3.8, 4) is 0 Å². The third-order valence-corrected chi connectivity index (χ3v) is 5.48. The minimum atomic E-state index is -2.96. The molecule has 2 aliphatic rings. The summed E-state index contributed by atoms with van der Waals surface area (Å²) in [6.07, 6.45) is 3.45. The van der Waals surface area contributed by atoms with Crippen molar-refractivity contribution in [3.05, 3.63) is 0 Å². The summed E-state index contributed by atoms with van der Waals surface area (Å²) in [6, 6.07) is 0. The Balaban J connectivity index is 1.79. The Morgan fingerprint density at radius 1 is 1.12 bits per heavy atom. The minimum absolute atomic E-state index is 0.301. The van der Waals surface area contributed by atoms with Gasteiger partial charge < -0.3 is 4.90 Å². The van der Waals surface area contributed by atoms with Crippen LogP contribution < -0.4 is 0 Å². The van der Waals surface area contributed by atoms with Crippen molar-refractivity contribution in [3.63, 3.8) is 0 Å². The van der Waals surface area contributed by atoms with Gasteiger partial charge in [-0.15, -0.1) is 0 Å². The number of piperazine rings is 1. The predicted octanol–water partition coefficient (Wildman–Crippen LogP) is 0.754. The maximum Gasteiger partial charge on any atom is 0.214 e. The molecular weight excluding hydrogens is 224 g/mol. The van der Waals surface area contributed by atoms with E-state index in [9.17, 15) is 8.42 Å². The second kappa shape index (κ2) is 5.02. The van der Waals surface area contributed by atoms with Gasteiger partial charge in [-0.3, -0.25) is 0 Å². The Labute approximate surface area is 98.7 Å². The van der Waals surface area contributed by atoms with E-state index in [1.165, 1.54) is 19.4 Å². The zero-order valence-corrected chi connectivity index (χ0v) is 10.9. The summed E-state index contributed by atoms with van der Waals surface area (Å²) in [4.78, 5) is 2.41. The highest BCUT2D eigenvalue weighted by Gasteiger charge is 2.29. The first kappa shape index (κ1) is 12.3. The van der Waals surface area contributed by atoms with E-state index in [-0.39, 0.29) is 0 Å². The van der Waals surface area contributed by atoms with Gasteiger partial charge in [-0.25, -0.2) is 8.42 Å². The van der Waals surface area contributed by atoms with Crippen LogP contribution in [0.3, 0.4) is 0 Å². The standard InChI is InChI=1S/C11H22N2O2S/c1-2-9-16(14,15)13-7-5-12(6-8-13)10-11-3-4-11/h11H,2-10H2,1H3. The molecule has 1 saturated heterocycles. The smallest absolute Gasteiger partial charge is 0.214 e. The summed E-state index contributed by atoms with van der Waals surface area (Å²) in [5.41, 5.74) is 0. The van der Waals surface area contributed by atoms with Crippen LogP contribution >= 0.6 is 0 Å². The largest absolute Gasteiger partial charge is 0.300 e. The van der Waals surface area contributed by atoms with E-state index in [2.05, 4.69) is 4.90 Å². The van der Waals surface area contributed by atoms with Gasteiger partial charge in [-0.05, 0) is 25.2 Å². The Kier molecular flexibility index (Phi) is 3.87. The van der Waals surface area contributed by atoms with Gasteiger partial charge >= 0.3 is 0 Å². The molecule has 0 aromatic heterocycles. The van der Waals surface area contributed by atoms with Crippen molar-refractivity contribution in [1.29, 1.82) is 0 Å². The molecular formula is C11H22N2O2S. The van der Waals surface area contributed by atoms with E-state index in [0.717, 1.165) is 19.0 Å². The van der Waals surface area contributed by atoms with Gasteiger partial charge in [0.05, 0.1) is 5.75 Å². The lowest BCUT2D eigenvalue weighted by atomic mass is 10.3. The van der Waals surface area contributed by atoms with Gasteiger partial charge in [0, 0.05) is 32.7 Å². The fraction of sp³-hybridized carbons (Fsp3) is 1.00. The lowest BCUT2D eigenvalue weighted by molar-refractivity contribution is 0.182. The summed E-state index contributed by atoms with van der Waals surface area (Å²) in [7, 11) is -2.96. The van der Waals surface area contributed by atoms with E-state index < -0.39 is 10.0 Å². The van der Waals surface area contributed by atoms with Crippen molar-refractivity contribution in [2.45, 2.75) is 26.2 Å². The van der Waals surface area contributed by atoms with Crippen LogP contribution in [0.5, 0.6) is 0 Å². The van der Waals surface area contributed by atoms with Crippen LogP contribution in [0.1, 0.15) is 26.2 Å². The quantitative estimate of drug-likeness (QED) is 0.719. The molecule has 1 aliphatic carbocycles. The molecule has 0 bridgehead atoms. The van der Waals surface area contributed by atoms with E-state index in [1.54, 1.807) is 4.31 Å². The lowest BCUT2D eigenvalue weighted by Gasteiger charge is -2.33. The van der Waals surface area contributed by atoms with Crippen LogP contribution in [0.2, 0.25) is 0 Å². The van der Waals surface area contributed by atoms with Crippen LogP contribution in [0.4, 0.5) is 0 Å². The summed E-state index contributed by atoms with van der Waals surface area (Å²) in [6.45, 7) is 6.31. The highest BCUT2D eigenvalue weighted by Crippen LogP contribution is 2.30. The van der Waals surface area contributed by atoms with Crippen LogP contribution in [0.15, 0.2) is 0 Å². The molecule has 0 radical (unpaired) electrons. The third-order valence-electron chi connectivity index (χ3n) is 3.40. The minimum Gasteiger partial charge on any atom is -0.300 e. The van der Waals surface area contributed by atoms with E-state index in [1.807, 2.05) is 6.92 Å². The van der Waals surface area contributed by atoms with Gasteiger partial charge in [0.25, 0.3) is 0 Å². The number of nitrogens with zero attached hydrogens (tertiary/aromatic N) is 2. The molecule has 1 aliphatic heterocycles. The predicted molar refractivity (Wildman–Crippen MR) is 64.8 cm³/mol. The van der Waals surface area contributed by atoms with Gasteiger partial charge in [-0.1, -0.05) is 6.92 Å². The molecule has 0 amide bonds. The summed E-state index contributed by atoms with van der Waals surface area (Å²) >= 11 is 0. The zero-order valence-electron chi connectivity index (χ0n) is 10.1. The van der Waals surface area contributed by atoms with E-state index in [4.69, 9.17) is 0 Å². The highest BCUT2D eigenvalue weighted by atomic mass is 32.2. The maximum atomic E-state index is 11.8.